The molecule has 0 spiro atoms. The summed E-state index contributed by atoms with van der Waals surface area (Å²) in [6.45, 7) is 6.10. The highest BCUT2D eigenvalue weighted by molar-refractivity contribution is 5.86. The number of nitrogens with two attached hydrogens (primary N) is 1. The van der Waals surface area contributed by atoms with Crippen LogP contribution < -0.4 is 21.5 Å². The van der Waals surface area contributed by atoms with Gasteiger partial charge in [0.05, 0.1) is 0 Å². The van der Waals surface area contributed by atoms with Crippen molar-refractivity contribution < 1.29 is 9.53 Å². The van der Waals surface area contributed by atoms with Crippen LogP contribution in [-0.4, -0.2) is 41.6 Å². The van der Waals surface area contributed by atoms with E-state index in [1.807, 2.05) is 18.7 Å². The number of nitrogens with zero attached hydrogens (tertiary/aromatic N) is 3. The van der Waals surface area contributed by atoms with Gasteiger partial charge in [-0.1, -0.05) is 6.92 Å². The number of ether oxygens (including phenoxy) is 1. The summed E-state index contributed by atoms with van der Waals surface area (Å²) in [5.74, 6) is 7.23. The average molecular weight is 294 g/mol. The first-order valence-electron chi connectivity index (χ1n) is 7.16. The lowest BCUT2D eigenvalue weighted by atomic mass is 10.1. The van der Waals surface area contributed by atoms with Gasteiger partial charge in [-0.3, -0.25) is 4.79 Å². The lowest BCUT2D eigenvalue weighted by Gasteiger charge is -2.35. The second-order valence-electron chi connectivity index (χ2n) is 4.72. The van der Waals surface area contributed by atoms with E-state index in [0.29, 0.717) is 50.2 Å². The fraction of sp³-hybridized carbons (Fsp3) is 0.615. The number of hydrogen-bond donors (Lipinski definition) is 3. The Bertz CT molecular complexity index is 496. The topological polar surface area (TPSA) is 105 Å². The molecule has 1 atom stereocenters. The Balaban J connectivity index is 2.29. The van der Waals surface area contributed by atoms with Crippen molar-refractivity contribution in [3.8, 4) is 0 Å². The van der Waals surface area contributed by atoms with Crippen molar-refractivity contribution in [3.05, 3.63) is 11.9 Å². The van der Waals surface area contributed by atoms with Crippen molar-refractivity contribution in [2.24, 2.45) is 5.84 Å². The lowest BCUT2D eigenvalue weighted by Crippen LogP contribution is -2.55. The summed E-state index contributed by atoms with van der Waals surface area (Å²) in [5, 5.41) is 2.87. The molecule has 4 N–H and O–H groups in total. The normalized spacial score (nSPS) is 18.5. The number of aromatic nitrogens is 2. The van der Waals surface area contributed by atoms with Gasteiger partial charge in [0, 0.05) is 25.8 Å². The molecule has 2 rings (SSSR count). The van der Waals surface area contributed by atoms with E-state index in [1.165, 1.54) is 0 Å². The highest BCUT2D eigenvalue weighted by Crippen LogP contribution is 2.21. The van der Waals surface area contributed by atoms with E-state index in [1.54, 1.807) is 6.07 Å². The number of piperazine rings is 1. The largest absolute Gasteiger partial charge is 0.374 e. The van der Waals surface area contributed by atoms with E-state index in [2.05, 4.69) is 20.7 Å². The maximum atomic E-state index is 12.0. The number of carbonyl (C=O) groups excluding carboxylic acids is 1. The summed E-state index contributed by atoms with van der Waals surface area (Å²) in [5.41, 5.74) is 2.53. The maximum Gasteiger partial charge on any atom is 0.242 e. The molecule has 21 heavy (non-hydrogen) atoms. The molecule has 1 aromatic heterocycles. The zero-order chi connectivity index (χ0) is 15.2. The van der Waals surface area contributed by atoms with Gasteiger partial charge < -0.3 is 20.4 Å². The van der Waals surface area contributed by atoms with E-state index in [9.17, 15) is 4.79 Å². The molecule has 0 bridgehead atoms. The van der Waals surface area contributed by atoms with Crippen LogP contribution in [0.1, 0.15) is 26.1 Å². The van der Waals surface area contributed by atoms with Gasteiger partial charge >= 0.3 is 0 Å². The first-order valence-corrected chi connectivity index (χ1v) is 7.16. The van der Waals surface area contributed by atoms with Gasteiger partial charge in [-0.25, -0.2) is 15.8 Å². The highest BCUT2D eigenvalue weighted by Gasteiger charge is 2.29. The molecule has 0 saturated carbocycles. The molecule has 8 heteroatoms. The Morgan fingerprint density at radius 1 is 1.52 bits per heavy atom. The van der Waals surface area contributed by atoms with Gasteiger partial charge in [-0.15, -0.1) is 0 Å². The van der Waals surface area contributed by atoms with Gasteiger partial charge in [0.15, 0.2) is 5.82 Å². The molecule has 1 aromatic rings. The van der Waals surface area contributed by atoms with Crippen LogP contribution in [-0.2, 0) is 16.1 Å². The Kier molecular flexibility index (Phi) is 5.29. The molecule has 2 heterocycles. The molecule has 1 amide bonds. The fourth-order valence-electron chi connectivity index (χ4n) is 2.36. The third-order valence-corrected chi connectivity index (χ3v) is 3.35. The van der Waals surface area contributed by atoms with E-state index in [-0.39, 0.29) is 11.9 Å². The monoisotopic (exact) mass is 294 g/mol. The van der Waals surface area contributed by atoms with Crippen molar-refractivity contribution in [2.45, 2.75) is 32.9 Å². The van der Waals surface area contributed by atoms with Crippen molar-refractivity contribution >= 4 is 17.5 Å². The van der Waals surface area contributed by atoms with Gasteiger partial charge in [0.2, 0.25) is 5.91 Å². The van der Waals surface area contributed by atoms with E-state index < -0.39 is 0 Å². The number of carbonyl (C=O) groups is 1. The molecule has 1 unspecified atom stereocenters. The maximum absolute atomic E-state index is 12.0. The Morgan fingerprint density at radius 3 is 3.00 bits per heavy atom. The molecule has 116 valence electrons. The third kappa shape index (κ3) is 3.59. The van der Waals surface area contributed by atoms with Crippen molar-refractivity contribution in [2.75, 3.05) is 30.0 Å². The predicted octanol–water partition coefficient (Wildman–Crippen LogP) is 0.0135. The zero-order valence-electron chi connectivity index (χ0n) is 12.4. The number of rotatable bonds is 6. The second kappa shape index (κ2) is 7.19. The summed E-state index contributed by atoms with van der Waals surface area (Å²) in [7, 11) is 0. The summed E-state index contributed by atoms with van der Waals surface area (Å²) in [6.07, 6.45) is 0.710. The molecule has 0 radical (unpaired) electrons. The lowest BCUT2D eigenvalue weighted by molar-refractivity contribution is -0.123. The molecule has 0 aromatic carbocycles. The van der Waals surface area contributed by atoms with Gasteiger partial charge in [-0.2, -0.15) is 0 Å². The predicted molar refractivity (Wildman–Crippen MR) is 79.6 cm³/mol. The van der Waals surface area contributed by atoms with Gasteiger partial charge in [0.25, 0.3) is 0 Å². The van der Waals surface area contributed by atoms with E-state index in [4.69, 9.17) is 10.6 Å². The molecule has 0 aliphatic carbocycles. The average Bonchev–Trinajstić information content (AvgIpc) is 2.52. The molecule has 8 nitrogen and oxygen atoms in total. The fourth-order valence-corrected chi connectivity index (χ4v) is 2.36. The number of nitrogens with one attached hydrogen (secondary N) is 2. The van der Waals surface area contributed by atoms with Crippen LogP contribution in [0.15, 0.2) is 6.07 Å². The zero-order valence-corrected chi connectivity index (χ0v) is 12.4. The number of hydrogen-bond acceptors (Lipinski definition) is 7. The number of hydrazine groups is 1. The smallest absolute Gasteiger partial charge is 0.242 e. The Hall–Kier alpha value is -1.93. The summed E-state index contributed by atoms with van der Waals surface area (Å²) in [4.78, 5) is 22.7. The summed E-state index contributed by atoms with van der Waals surface area (Å²) in [6, 6.07) is 1.52. The highest BCUT2D eigenvalue weighted by atomic mass is 16.5. The van der Waals surface area contributed by atoms with Crippen LogP contribution in [0.5, 0.6) is 0 Å². The first-order chi connectivity index (χ1) is 10.2. The summed E-state index contributed by atoms with van der Waals surface area (Å²) >= 11 is 0. The van der Waals surface area contributed by atoms with E-state index >= 15 is 0 Å². The quantitative estimate of drug-likeness (QED) is 0.501. The van der Waals surface area contributed by atoms with Crippen LogP contribution in [0.2, 0.25) is 0 Å². The van der Waals surface area contributed by atoms with Crippen LogP contribution in [0.4, 0.5) is 11.6 Å². The Morgan fingerprint density at radius 2 is 2.33 bits per heavy atom. The minimum Gasteiger partial charge on any atom is -0.374 e. The van der Waals surface area contributed by atoms with Crippen molar-refractivity contribution in [1.29, 1.82) is 0 Å². The third-order valence-electron chi connectivity index (χ3n) is 3.35. The minimum absolute atomic E-state index is 0.0241. The minimum atomic E-state index is -0.223. The SMILES string of the molecule is CCOCc1nc(NN)cc(N2CCNC(=O)C2CC)n1. The molecular formula is C13H22N6O2. The van der Waals surface area contributed by atoms with Crippen LogP contribution >= 0.6 is 0 Å². The number of nitrogen functional groups attached to an aromatic ring is 1. The number of amides is 1. The number of anilines is 2. The Labute approximate surface area is 124 Å². The first kappa shape index (κ1) is 15.5. The van der Waals surface area contributed by atoms with Crippen LogP contribution in [0, 0.1) is 0 Å². The van der Waals surface area contributed by atoms with Crippen LogP contribution in [0.25, 0.3) is 0 Å². The standard InChI is InChI=1S/C13H22N6O2/c1-3-9-13(20)15-5-6-19(9)12-7-10(18-14)16-11(17-12)8-21-4-2/h7,9H,3-6,8,14H2,1-2H3,(H,15,20)(H,16,17,18). The molecule has 1 aliphatic rings. The van der Waals surface area contributed by atoms with Crippen molar-refractivity contribution in [3.63, 3.8) is 0 Å². The van der Waals surface area contributed by atoms with Gasteiger partial charge in [-0.05, 0) is 13.3 Å². The molecular weight excluding hydrogens is 272 g/mol. The van der Waals surface area contributed by atoms with Crippen LogP contribution in [0.3, 0.4) is 0 Å². The second-order valence-corrected chi connectivity index (χ2v) is 4.72. The molecule has 1 fully saturated rings. The van der Waals surface area contributed by atoms with E-state index in [0.717, 1.165) is 0 Å². The van der Waals surface area contributed by atoms with Gasteiger partial charge in [0.1, 0.15) is 24.3 Å². The summed E-state index contributed by atoms with van der Waals surface area (Å²) < 4.78 is 5.34. The molecule has 1 aliphatic heterocycles. The molecule has 1 saturated heterocycles. The van der Waals surface area contributed by atoms with Crippen molar-refractivity contribution in [1.82, 2.24) is 15.3 Å².